The molecule has 0 bridgehead atoms. The van der Waals surface area contributed by atoms with Gasteiger partial charge in [-0.05, 0) is 12.8 Å². The highest BCUT2D eigenvalue weighted by atomic mass is 16.5. The van der Waals surface area contributed by atoms with Crippen LogP contribution >= 0.6 is 0 Å². The first-order chi connectivity index (χ1) is 6.22. The van der Waals surface area contributed by atoms with E-state index in [-0.39, 0.29) is 12.0 Å². The first kappa shape index (κ1) is 9.40. The number of rotatable bonds is 2. The number of aliphatic hydroxyl groups excluding tert-OH is 1. The van der Waals surface area contributed by atoms with Crippen LogP contribution in [0.15, 0.2) is 0 Å². The first-order valence-electron chi connectivity index (χ1n) is 4.84. The second-order valence-electron chi connectivity index (χ2n) is 4.23. The molecule has 0 aliphatic carbocycles. The molecular formula is C9H17NO3. The monoisotopic (exact) mass is 187 g/mol. The molecule has 4 nitrogen and oxygen atoms in total. The maximum absolute atomic E-state index is 10.3. The van der Waals surface area contributed by atoms with Gasteiger partial charge in [-0.25, -0.2) is 0 Å². The van der Waals surface area contributed by atoms with E-state index < -0.39 is 5.60 Å². The summed E-state index contributed by atoms with van der Waals surface area (Å²) < 4.78 is 5.28. The molecule has 1 unspecified atom stereocenters. The fourth-order valence-electron chi connectivity index (χ4n) is 2.21. The summed E-state index contributed by atoms with van der Waals surface area (Å²) in [5.74, 6) is 0. The summed E-state index contributed by atoms with van der Waals surface area (Å²) in [6, 6.07) is 0. The van der Waals surface area contributed by atoms with E-state index in [1.54, 1.807) is 0 Å². The Morgan fingerprint density at radius 3 is 2.54 bits per heavy atom. The van der Waals surface area contributed by atoms with Gasteiger partial charge < -0.3 is 20.3 Å². The molecule has 13 heavy (non-hydrogen) atoms. The normalized spacial score (nSPS) is 38.3. The molecule has 0 aromatic carbocycles. The Balaban J connectivity index is 2.10. The van der Waals surface area contributed by atoms with Crippen molar-refractivity contribution < 1.29 is 14.9 Å². The van der Waals surface area contributed by atoms with Crippen LogP contribution in [0.2, 0.25) is 0 Å². The Kier molecular flexibility index (Phi) is 2.32. The van der Waals surface area contributed by atoms with Crippen LogP contribution < -0.4 is 5.32 Å². The van der Waals surface area contributed by atoms with Gasteiger partial charge in [0, 0.05) is 25.1 Å². The van der Waals surface area contributed by atoms with E-state index >= 15 is 0 Å². The van der Waals surface area contributed by atoms with Crippen LogP contribution in [-0.4, -0.2) is 48.7 Å². The third kappa shape index (κ3) is 1.29. The van der Waals surface area contributed by atoms with E-state index in [0.717, 1.165) is 19.4 Å². The van der Waals surface area contributed by atoms with Crippen LogP contribution in [0, 0.1) is 5.41 Å². The van der Waals surface area contributed by atoms with Crippen LogP contribution in [0.3, 0.4) is 0 Å². The second-order valence-corrected chi connectivity index (χ2v) is 4.23. The lowest BCUT2D eigenvalue weighted by Gasteiger charge is -2.53. The minimum Gasteiger partial charge on any atom is -0.396 e. The molecule has 2 fully saturated rings. The molecule has 3 N–H and O–H groups in total. The minimum atomic E-state index is -0.814. The molecule has 2 aliphatic rings. The van der Waals surface area contributed by atoms with E-state index in [1.165, 1.54) is 0 Å². The maximum atomic E-state index is 10.3. The Hall–Kier alpha value is -0.160. The Morgan fingerprint density at radius 1 is 1.38 bits per heavy atom. The van der Waals surface area contributed by atoms with Crippen LogP contribution in [-0.2, 0) is 4.74 Å². The predicted octanol–water partition coefficient (Wildman–Crippen LogP) is -0.890. The van der Waals surface area contributed by atoms with Crippen molar-refractivity contribution in [1.82, 2.24) is 5.32 Å². The molecule has 0 radical (unpaired) electrons. The van der Waals surface area contributed by atoms with Gasteiger partial charge in [0.15, 0.2) is 0 Å². The van der Waals surface area contributed by atoms with E-state index in [2.05, 4.69) is 5.32 Å². The fourth-order valence-corrected chi connectivity index (χ4v) is 2.21. The lowest BCUT2D eigenvalue weighted by molar-refractivity contribution is -0.191. The van der Waals surface area contributed by atoms with E-state index in [0.29, 0.717) is 19.7 Å². The van der Waals surface area contributed by atoms with Gasteiger partial charge in [0.25, 0.3) is 0 Å². The molecule has 0 aromatic rings. The Morgan fingerprint density at radius 2 is 2.15 bits per heavy atom. The highest BCUT2D eigenvalue weighted by Gasteiger charge is 2.54. The molecule has 76 valence electrons. The number of hydrogen-bond acceptors (Lipinski definition) is 4. The summed E-state index contributed by atoms with van der Waals surface area (Å²) in [6.07, 6.45) is 1.63. The lowest BCUT2D eigenvalue weighted by Crippen LogP contribution is -2.70. The third-order valence-corrected chi connectivity index (χ3v) is 3.44. The summed E-state index contributed by atoms with van der Waals surface area (Å²) in [4.78, 5) is 0. The number of nitrogens with one attached hydrogen (secondary N) is 1. The number of hydrogen-bond donors (Lipinski definition) is 3. The molecular weight excluding hydrogens is 170 g/mol. The van der Waals surface area contributed by atoms with Crippen molar-refractivity contribution in [2.24, 2.45) is 5.41 Å². The smallest absolute Gasteiger partial charge is 0.0983 e. The zero-order chi connectivity index (χ0) is 9.36. The third-order valence-electron chi connectivity index (χ3n) is 3.44. The largest absolute Gasteiger partial charge is 0.396 e. The van der Waals surface area contributed by atoms with Crippen LogP contribution in [0.4, 0.5) is 0 Å². The van der Waals surface area contributed by atoms with Gasteiger partial charge in [0.1, 0.15) is 0 Å². The van der Waals surface area contributed by atoms with Crippen LogP contribution in [0.1, 0.15) is 12.8 Å². The zero-order valence-electron chi connectivity index (χ0n) is 7.75. The van der Waals surface area contributed by atoms with Crippen molar-refractivity contribution in [3.8, 4) is 0 Å². The summed E-state index contributed by atoms with van der Waals surface area (Å²) >= 11 is 0. The Bertz CT molecular complexity index is 180. The van der Waals surface area contributed by atoms with Crippen molar-refractivity contribution in [3.63, 3.8) is 0 Å². The van der Waals surface area contributed by atoms with Crippen LogP contribution in [0.25, 0.3) is 0 Å². The van der Waals surface area contributed by atoms with Crippen molar-refractivity contribution in [3.05, 3.63) is 0 Å². The molecule has 0 amide bonds. The Labute approximate surface area is 77.9 Å². The lowest BCUT2D eigenvalue weighted by atomic mass is 9.65. The highest BCUT2D eigenvalue weighted by molar-refractivity contribution is 5.07. The van der Waals surface area contributed by atoms with Gasteiger partial charge >= 0.3 is 0 Å². The van der Waals surface area contributed by atoms with Gasteiger partial charge in [-0.2, -0.15) is 0 Å². The standard InChI is InChI=1S/C9H17NO3/c11-6-8(4-10-5-8)9(12)2-1-3-13-7-9/h10-12H,1-7H2. The molecule has 0 saturated carbocycles. The molecule has 2 heterocycles. The molecule has 2 saturated heterocycles. The molecule has 4 heteroatoms. The zero-order valence-corrected chi connectivity index (χ0v) is 7.75. The summed E-state index contributed by atoms with van der Waals surface area (Å²) in [5, 5.41) is 22.7. The minimum absolute atomic E-state index is 0.0415. The van der Waals surface area contributed by atoms with Crippen molar-refractivity contribution in [1.29, 1.82) is 0 Å². The fraction of sp³-hybridized carbons (Fsp3) is 1.00. The van der Waals surface area contributed by atoms with Gasteiger partial charge in [0.05, 0.1) is 18.8 Å². The van der Waals surface area contributed by atoms with E-state index in [1.807, 2.05) is 0 Å². The van der Waals surface area contributed by atoms with Gasteiger partial charge in [0.2, 0.25) is 0 Å². The van der Waals surface area contributed by atoms with Crippen LogP contribution in [0.5, 0.6) is 0 Å². The van der Waals surface area contributed by atoms with Crippen molar-refractivity contribution >= 4 is 0 Å². The van der Waals surface area contributed by atoms with Crippen molar-refractivity contribution in [2.45, 2.75) is 18.4 Å². The average Bonchev–Trinajstić information content (AvgIpc) is 2.04. The first-order valence-corrected chi connectivity index (χ1v) is 4.84. The summed E-state index contributed by atoms with van der Waals surface area (Å²) in [5.41, 5.74) is -1.17. The van der Waals surface area contributed by atoms with Crippen molar-refractivity contribution in [2.75, 3.05) is 32.9 Å². The number of aliphatic hydroxyl groups is 2. The molecule has 0 spiro atoms. The van der Waals surface area contributed by atoms with E-state index in [9.17, 15) is 10.2 Å². The van der Waals surface area contributed by atoms with Gasteiger partial charge in [-0.15, -0.1) is 0 Å². The maximum Gasteiger partial charge on any atom is 0.0983 e. The molecule has 0 aromatic heterocycles. The predicted molar refractivity (Wildman–Crippen MR) is 47.4 cm³/mol. The van der Waals surface area contributed by atoms with Gasteiger partial charge in [-0.1, -0.05) is 0 Å². The van der Waals surface area contributed by atoms with E-state index in [4.69, 9.17) is 4.74 Å². The number of ether oxygens (including phenoxy) is 1. The quantitative estimate of drug-likeness (QED) is 0.525. The average molecular weight is 187 g/mol. The summed E-state index contributed by atoms with van der Waals surface area (Å²) in [6.45, 7) is 2.54. The molecule has 2 aliphatic heterocycles. The SMILES string of the molecule is OCC1(C2(O)CCCOC2)CNC1. The molecule has 1 atom stereocenters. The van der Waals surface area contributed by atoms with Gasteiger partial charge in [-0.3, -0.25) is 0 Å². The summed E-state index contributed by atoms with van der Waals surface area (Å²) in [7, 11) is 0. The second kappa shape index (κ2) is 3.20. The molecule has 2 rings (SSSR count). The topological polar surface area (TPSA) is 61.7 Å². The highest BCUT2D eigenvalue weighted by Crippen LogP contribution is 2.40.